The van der Waals surface area contributed by atoms with Crippen LogP contribution in [0, 0.1) is 0 Å². The van der Waals surface area contributed by atoms with Gasteiger partial charge in [0.05, 0.1) is 17.6 Å². The Bertz CT molecular complexity index is 1100. The summed E-state index contributed by atoms with van der Waals surface area (Å²) in [6, 6.07) is 19.9. The second-order valence-corrected chi connectivity index (χ2v) is 8.59. The number of carbonyl (C=O) groups excluding carboxylic acids is 2. The summed E-state index contributed by atoms with van der Waals surface area (Å²) in [4.78, 5) is 34.9. The van der Waals surface area contributed by atoms with Gasteiger partial charge < -0.3 is 9.80 Å². The van der Waals surface area contributed by atoms with Crippen molar-refractivity contribution in [3.05, 3.63) is 78.0 Å². The predicted molar refractivity (Wildman–Crippen MR) is 120 cm³/mol. The number of carbonyl (C=O) groups is 2. The van der Waals surface area contributed by atoms with Gasteiger partial charge in [-0.2, -0.15) is 0 Å². The molecule has 0 N–H and O–H groups in total. The predicted octanol–water partition coefficient (Wildman–Crippen LogP) is 4.42. The molecule has 3 aromatic rings. The molecule has 0 unspecified atom stereocenters. The van der Waals surface area contributed by atoms with Gasteiger partial charge in [-0.05, 0) is 49.1 Å². The number of likely N-dealkylation sites (tertiary alicyclic amines) is 2. The summed E-state index contributed by atoms with van der Waals surface area (Å²) in [5.74, 6) is 0.274. The molecule has 2 saturated heterocycles. The lowest BCUT2D eigenvalue weighted by molar-refractivity contribution is -0.135. The lowest BCUT2D eigenvalue weighted by Crippen LogP contribution is -2.49. The minimum absolute atomic E-state index is 0.0611. The third-order valence-corrected chi connectivity index (χ3v) is 6.68. The molecule has 0 radical (unpaired) electrons. The topological polar surface area (TPSA) is 53.5 Å². The SMILES string of the molecule is O=C(c1ccc2ncccc2c1)N1CC[C@H]2[C@H]1CCCCC(=O)N2Cc1ccccc1. The molecule has 5 heteroatoms. The molecule has 5 nitrogen and oxygen atoms in total. The highest BCUT2D eigenvalue weighted by Crippen LogP contribution is 2.32. The zero-order valence-corrected chi connectivity index (χ0v) is 17.6. The Hall–Kier alpha value is -3.21. The average Bonchev–Trinajstić information content (AvgIpc) is 3.22. The highest BCUT2D eigenvalue weighted by molar-refractivity contribution is 5.98. The van der Waals surface area contributed by atoms with Gasteiger partial charge in [-0.15, -0.1) is 0 Å². The fourth-order valence-electron chi connectivity index (χ4n) is 5.12. The van der Waals surface area contributed by atoms with Crippen LogP contribution in [0.5, 0.6) is 0 Å². The number of fused-ring (bicyclic) bond motifs is 2. The second-order valence-electron chi connectivity index (χ2n) is 8.59. The standard InChI is InChI=1S/C26H27N3O2/c30-25-11-5-4-10-23-24(29(25)18-19-7-2-1-3-8-19)14-16-28(23)26(31)21-12-13-22-20(17-21)9-6-15-27-22/h1-3,6-9,12-13,15,17,23-24H,4-5,10-11,14,16,18H2/t23-,24+/m1/s1. The molecule has 2 atom stereocenters. The van der Waals surface area contributed by atoms with Gasteiger partial charge in [0.2, 0.25) is 5.91 Å². The van der Waals surface area contributed by atoms with Gasteiger partial charge in [-0.1, -0.05) is 42.8 Å². The Balaban J connectivity index is 1.42. The van der Waals surface area contributed by atoms with Crippen molar-refractivity contribution in [3.63, 3.8) is 0 Å². The maximum Gasteiger partial charge on any atom is 0.254 e. The molecule has 1 aromatic heterocycles. The van der Waals surface area contributed by atoms with Crippen LogP contribution in [-0.2, 0) is 11.3 Å². The van der Waals surface area contributed by atoms with Crippen LogP contribution >= 0.6 is 0 Å². The molecule has 158 valence electrons. The van der Waals surface area contributed by atoms with Crippen molar-refractivity contribution in [2.45, 2.75) is 50.7 Å². The van der Waals surface area contributed by atoms with Crippen molar-refractivity contribution in [1.82, 2.24) is 14.8 Å². The van der Waals surface area contributed by atoms with E-state index in [-0.39, 0.29) is 23.9 Å². The van der Waals surface area contributed by atoms with E-state index in [1.54, 1.807) is 6.20 Å². The minimum Gasteiger partial charge on any atom is -0.334 e. The summed E-state index contributed by atoms with van der Waals surface area (Å²) in [5.41, 5.74) is 2.73. The Labute approximate surface area is 182 Å². The van der Waals surface area contributed by atoms with E-state index in [2.05, 4.69) is 17.1 Å². The first-order valence-electron chi connectivity index (χ1n) is 11.2. The largest absolute Gasteiger partial charge is 0.334 e. The summed E-state index contributed by atoms with van der Waals surface area (Å²) in [7, 11) is 0. The number of benzene rings is 2. The van der Waals surface area contributed by atoms with Crippen LogP contribution in [0.25, 0.3) is 10.9 Å². The Morgan fingerprint density at radius 1 is 0.968 bits per heavy atom. The first-order chi connectivity index (χ1) is 15.2. The Morgan fingerprint density at radius 3 is 2.71 bits per heavy atom. The van der Waals surface area contributed by atoms with Crippen molar-refractivity contribution in [2.75, 3.05) is 6.54 Å². The van der Waals surface area contributed by atoms with E-state index in [4.69, 9.17) is 0 Å². The zero-order valence-electron chi connectivity index (χ0n) is 17.6. The number of nitrogens with zero attached hydrogens (tertiary/aromatic N) is 3. The van der Waals surface area contributed by atoms with Gasteiger partial charge >= 0.3 is 0 Å². The van der Waals surface area contributed by atoms with Crippen molar-refractivity contribution < 1.29 is 9.59 Å². The van der Waals surface area contributed by atoms with E-state index >= 15 is 0 Å². The summed E-state index contributed by atoms with van der Waals surface area (Å²) in [6.07, 6.45) is 6.02. The monoisotopic (exact) mass is 413 g/mol. The second kappa shape index (κ2) is 8.50. The van der Waals surface area contributed by atoms with Crippen LogP contribution in [0.4, 0.5) is 0 Å². The summed E-state index contributed by atoms with van der Waals surface area (Å²) < 4.78 is 0. The molecule has 31 heavy (non-hydrogen) atoms. The molecule has 2 amide bonds. The molecule has 2 aliphatic heterocycles. The Kier molecular flexibility index (Phi) is 5.41. The molecule has 0 bridgehead atoms. The van der Waals surface area contributed by atoms with Gasteiger partial charge in [0.15, 0.2) is 0 Å². The van der Waals surface area contributed by atoms with E-state index in [9.17, 15) is 9.59 Å². The highest BCUT2D eigenvalue weighted by atomic mass is 16.2. The summed E-state index contributed by atoms with van der Waals surface area (Å²) in [5, 5.41) is 0.975. The maximum absolute atomic E-state index is 13.5. The van der Waals surface area contributed by atoms with Crippen molar-refractivity contribution in [3.8, 4) is 0 Å². The molecule has 3 heterocycles. The van der Waals surface area contributed by atoms with Crippen LogP contribution in [-0.4, -0.2) is 45.2 Å². The maximum atomic E-state index is 13.5. The van der Waals surface area contributed by atoms with Gasteiger partial charge in [-0.25, -0.2) is 0 Å². The highest BCUT2D eigenvalue weighted by Gasteiger charge is 2.42. The first kappa shape index (κ1) is 19.7. The molecule has 0 saturated carbocycles. The summed E-state index contributed by atoms with van der Waals surface area (Å²) >= 11 is 0. The molecule has 2 aliphatic rings. The third-order valence-electron chi connectivity index (χ3n) is 6.68. The van der Waals surface area contributed by atoms with E-state index in [1.165, 1.54) is 0 Å². The average molecular weight is 414 g/mol. The Morgan fingerprint density at radius 2 is 1.84 bits per heavy atom. The molecule has 2 aromatic carbocycles. The van der Waals surface area contributed by atoms with Crippen molar-refractivity contribution >= 4 is 22.7 Å². The van der Waals surface area contributed by atoms with Crippen LogP contribution in [0.15, 0.2) is 66.9 Å². The quantitative estimate of drug-likeness (QED) is 0.639. The van der Waals surface area contributed by atoms with Crippen LogP contribution < -0.4 is 0 Å². The molecular formula is C26H27N3O2. The van der Waals surface area contributed by atoms with Crippen molar-refractivity contribution in [1.29, 1.82) is 0 Å². The van der Waals surface area contributed by atoms with E-state index < -0.39 is 0 Å². The van der Waals surface area contributed by atoms with Gasteiger partial charge in [0.1, 0.15) is 0 Å². The van der Waals surface area contributed by atoms with E-state index in [0.29, 0.717) is 25.1 Å². The molecule has 0 aliphatic carbocycles. The molecular weight excluding hydrogens is 386 g/mol. The lowest BCUT2D eigenvalue weighted by atomic mass is 9.96. The number of rotatable bonds is 3. The first-order valence-corrected chi connectivity index (χ1v) is 11.2. The van der Waals surface area contributed by atoms with Crippen LogP contribution in [0.3, 0.4) is 0 Å². The number of amides is 2. The zero-order chi connectivity index (χ0) is 21.2. The number of aromatic nitrogens is 1. The number of pyridine rings is 1. The number of hydrogen-bond donors (Lipinski definition) is 0. The van der Waals surface area contributed by atoms with E-state index in [1.807, 2.05) is 58.3 Å². The van der Waals surface area contributed by atoms with Crippen molar-refractivity contribution in [2.24, 2.45) is 0 Å². The lowest BCUT2D eigenvalue weighted by Gasteiger charge is -2.37. The molecule has 0 spiro atoms. The summed E-state index contributed by atoms with van der Waals surface area (Å²) in [6.45, 7) is 1.31. The smallest absolute Gasteiger partial charge is 0.254 e. The number of hydrogen-bond acceptors (Lipinski definition) is 3. The molecule has 2 fully saturated rings. The normalized spacial score (nSPS) is 21.6. The van der Waals surface area contributed by atoms with Crippen LogP contribution in [0.1, 0.15) is 48.0 Å². The fraction of sp³-hybridized carbons (Fsp3) is 0.346. The fourth-order valence-corrected chi connectivity index (χ4v) is 5.12. The van der Waals surface area contributed by atoms with Gasteiger partial charge in [0, 0.05) is 36.7 Å². The molecule has 5 rings (SSSR count). The van der Waals surface area contributed by atoms with Crippen LogP contribution in [0.2, 0.25) is 0 Å². The minimum atomic E-state index is 0.0611. The third kappa shape index (κ3) is 3.92. The van der Waals surface area contributed by atoms with E-state index in [0.717, 1.165) is 42.1 Å². The van der Waals surface area contributed by atoms with Gasteiger partial charge in [-0.3, -0.25) is 14.6 Å². The van der Waals surface area contributed by atoms with Gasteiger partial charge in [0.25, 0.3) is 5.91 Å².